The summed E-state index contributed by atoms with van der Waals surface area (Å²) >= 11 is 0. The summed E-state index contributed by atoms with van der Waals surface area (Å²) in [6, 6.07) is 7.06. The van der Waals surface area contributed by atoms with E-state index in [9.17, 15) is 9.59 Å². The lowest BCUT2D eigenvalue weighted by molar-refractivity contribution is -0.117. The first-order chi connectivity index (χ1) is 16.6. The Morgan fingerprint density at radius 3 is 2.78 bits per heavy atom. The van der Waals surface area contributed by atoms with Crippen molar-refractivity contribution in [3.63, 3.8) is 0 Å². The number of carbonyl (C=O) groups is 2. The molecule has 1 aliphatic heterocycles. The van der Waals surface area contributed by atoms with Crippen LogP contribution in [0.5, 0.6) is 0 Å². The Morgan fingerprint density at radius 2 is 2.00 bits per heavy atom. The van der Waals surface area contributed by atoms with Gasteiger partial charge in [0.25, 0.3) is 5.91 Å². The highest BCUT2D eigenvalue weighted by Gasteiger charge is 2.30. The van der Waals surface area contributed by atoms with Crippen LogP contribution in [0.25, 0.3) is 11.3 Å². The number of nitrogens with zero attached hydrogens (tertiary/aromatic N) is 6. The van der Waals surface area contributed by atoms with E-state index in [4.69, 9.17) is 4.11 Å². The van der Waals surface area contributed by atoms with Gasteiger partial charge in [-0.05, 0) is 18.9 Å². The van der Waals surface area contributed by atoms with Crippen LogP contribution in [-0.2, 0) is 18.4 Å². The first-order valence-electron chi connectivity index (χ1n) is 11.6. The van der Waals surface area contributed by atoms with Gasteiger partial charge in [-0.2, -0.15) is 0 Å². The summed E-state index contributed by atoms with van der Waals surface area (Å²) in [5, 5.41) is 24.1. The maximum atomic E-state index is 12.7. The molecule has 1 fully saturated rings. The zero-order valence-corrected chi connectivity index (χ0v) is 17.5. The first kappa shape index (κ1) is 16.6. The van der Waals surface area contributed by atoms with Crippen molar-refractivity contribution in [3.8, 4) is 11.3 Å². The molecule has 0 spiro atoms. The summed E-state index contributed by atoms with van der Waals surface area (Å²) in [7, 11) is 3.76. The van der Waals surface area contributed by atoms with Crippen LogP contribution in [0.3, 0.4) is 0 Å². The Kier molecular flexibility index (Phi) is 3.95. The summed E-state index contributed by atoms with van der Waals surface area (Å²) in [5.74, 6) is -0.988. The van der Waals surface area contributed by atoms with E-state index in [-0.39, 0.29) is 29.0 Å². The lowest BCUT2D eigenvalue weighted by Crippen LogP contribution is -2.25. The number of rotatable bonds is 5. The van der Waals surface area contributed by atoms with Gasteiger partial charge in [0, 0.05) is 42.7 Å². The molecule has 3 heterocycles. The van der Waals surface area contributed by atoms with Crippen molar-refractivity contribution >= 4 is 34.7 Å². The number of amides is 2. The quantitative estimate of drug-likeness (QED) is 0.551. The SMILES string of the molecule is [2H]C([2H])([2H])NC(=O)c1nnc(NC(=O)C2CC2)cc1Nc1cccc2c1N(C)Cc1c-2nnn1C. The molecule has 32 heavy (non-hydrogen) atoms. The first-order valence-corrected chi connectivity index (χ1v) is 10.1. The van der Waals surface area contributed by atoms with Crippen molar-refractivity contribution in [1.29, 1.82) is 0 Å². The fraction of sp³-hybridized carbons (Fsp3) is 0.333. The molecule has 0 atom stereocenters. The second-order valence-electron chi connectivity index (χ2n) is 7.90. The van der Waals surface area contributed by atoms with E-state index < -0.39 is 12.9 Å². The molecule has 0 bridgehead atoms. The molecule has 1 aliphatic carbocycles. The van der Waals surface area contributed by atoms with Crippen LogP contribution in [0.2, 0.25) is 0 Å². The second kappa shape index (κ2) is 7.59. The highest BCUT2D eigenvalue weighted by atomic mass is 16.2. The zero-order chi connectivity index (χ0) is 24.9. The highest BCUT2D eigenvalue weighted by molar-refractivity contribution is 6.01. The fourth-order valence-corrected chi connectivity index (χ4v) is 3.81. The van der Waals surface area contributed by atoms with Crippen molar-refractivity contribution < 1.29 is 13.7 Å². The van der Waals surface area contributed by atoms with Crippen LogP contribution in [0, 0.1) is 5.92 Å². The number of hydrogen-bond donors (Lipinski definition) is 3. The average molecular weight is 436 g/mol. The highest BCUT2D eigenvalue weighted by Crippen LogP contribution is 2.43. The monoisotopic (exact) mass is 436 g/mol. The molecule has 0 radical (unpaired) electrons. The Balaban J connectivity index is 1.54. The zero-order valence-electron chi connectivity index (χ0n) is 20.5. The van der Waals surface area contributed by atoms with E-state index in [1.54, 1.807) is 4.68 Å². The summed E-state index contributed by atoms with van der Waals surface area (Å²) in [6.45, 7) is -2.14. The molecule has 0 saturated heterocycles. The molecule has 2 aromatic heterocycles. The van der Waals surface area contributed by atoms with Gasteiger partial charge in [-0.1, -0.05) is 17.3 Å². The van der Waals surface area contributed by atoms with Gasteiger partial charge in [0.2, 0.25) is 5.91 Å². The third-order valence-electron chi connectivity index (χ3n) is 5.59. The van der Waals surface area contributed by atoms with Crippen molar-refractivity contribution in [1.82, 2.24) is 30.5 Å². The molecule has 164 valence electrons. The Hall–Kier alpha value is -4.02. The molecule has 3 N–H and O–H groups in total. The molecule has 5 rings (SSSR count). The molecule has 11 nitrogen and oxygen atoms in total. The van der Waals surface area contributed by atoms with Crippen molar-refractivity contribution in [2.75, 3.05) is 29.6 Å². The lowest BCUT2D eigenvalue weighted by atomic mass is 10.0. The standard InChI is InChI=1S/C21H23N9O2/c1-22-21(32)18-14(9-16(25-26-18)24-20(31)11-7-8-11)23-13-6-4-5-12-17-15(30(3)28-27-17)10-29(2)19(12)13/h4-6,9,11H,7-8,10H2,1-3H3,(H,22,32)(H2,23,24,25,31)/i1D3. The Labute approximate surface area is 188 Å². The minimum absolute atomic E-state index is 0.0530. The minimum Gasteiger partial charge on any atom is -0.366 e. The number of carbonyl (C=O) groups excluding carboxylic acids is 2. The molecule has 3 aromatic rings. The van der Waals surface area contributed by atoms with E-state index in [0.717, 1.165) is 35.5 Å². The average Bonchev–Trinajstić information content (AvgIpc) is 3.57. The van der Waals surface area contributed by atoms with Gasteiger partial charge in [-0.25, -0.2) is 4.68 Å². The molecule has 0 unspecified atom stereocenters. The van der Waals surface area contributed by atoms with Gasteiger partial charge in [0.05, 0.1) is 29.3 Å². The number of fused-ring (bicyclic) bond motifs is 3. The van der Waals surface area contributed by atoms with Gasteiger partial charge >= 0.3 is 0 Å². The maximum absolute atomic E-state index is 12.7. The van der Waals surface area contributed by atoms with Gasteiger partial charge in [-0.15, -0.1) is 15.3 Å². The van der Waals surface area contributed by atoms with E-state index in [0.29, 0.717) is 12.2 Å². The number of hydrogen-bond acceptors (Lipinski definition) is 8. The molecular formula is C21H23N9O2. The van der Waals surface area contributed by atoms with Crippen molar-refractivity contribution in [2.24, 2.45) is 13.0 Å². The Morgan fingerprint density at radius 1 is 1.16 bits per heavy atom. The number of aromatic nitrogens is 5. The number of anilines is 4. The van der Waals surface area contributed by atoms with Crippen LogP contribution < -0.4 is 20.9 Å². The predicted molar refractivity (Wildman–Crippen MR) is 119 cm³/mol. The number of nitrogens with one attached hydrogen (secondary N) is 3. The third-order valence-corrected chi connectivity index (χ3v) is 5.59. The molecule has 11 heteroatoms. The topological polar surface area (TPSA) is 130 Å². The minimum atomic E-state index is -2.70. The summed E-state index contributed by atoms with van der Waals surface area (Å²) in [4.78, 5) is 27.0. The lowest BCUT2D eigenvalue weighted by Gasteiger charge is -2.29. The van der Waals surface area contributed by atoms with Gasteiger partial charge in [0.15, 0.2) is 11.5 Å². The smallest absolute Gasteiger partial charge is 0.273 e. The normalized spacial score (nSPS) is 16.2. The largest absolute Gasteiger partial charge is 0.366 e. The summed E-state index contributed by atoms with van der Waals surface area (Å²) < 4.78 is 23.8. The van der Waals surface area contributed by atoms with Gasteiger partial charge in [0.1, 0.15) is 5.69 Å². The molecule has 1 aromatic carbocycles. The van der Waals surface area contributed by atoms with Crippen LogP contribution >= 0.6 is 0 Å². The van der Waals surface area contributed by atoms with Crippen LogP contribution in [-0.4, -0.2) is 51.0 Å². The predicted octanol–water partition coefficient (Wildman–Crippen LogP) is 1.67. The fourth-order valence-electron chi connectivity index (χ4n) is 3.81. The number of para-hydroxylation sites is 1. The van der Waals surface area contributed by atoms with Crippen LogP contribution in [0.15, 0.2) is 24.3 Å². The third kappa shape index (κ3) is 3.41. The van der Waals surface area contributed by atoms with Crippen molar-refractivity contribution in [3.05, 3.63) is 35.7 Å². The molecular weight excluding hydrogens is 410 g/mol. The Bertz CT molecular complexity index is 1330. The van der Waals surface area contributed by atoms with E-state index in [2.05, 4.69) is 31.1 Å². The summed E-state index contributed by atoms with van der Waals surface area (Å²) in [5.41, 5.74) is 4.01. The molecule has 2 aliphatic rings. The maximum Gasteiger partial charge on any atom is 0.273 e. The van der Waals surface area contributed by atoms with Gasteiger partial charge < -0.3 is 20.9 Å². The molecule has 1 saturated carbocycles. The van der Waals surface area contributed by atoms with E-state index in [1.807, 2.05) is 42.5 Å². The van der Waals surface area contributed by atoms with Crippen molar-refractivity contribution in [2.45, 2.75) is 19.4 Å². The van der Waals surface area contributed by atoms with E-state index in [1.165, 1.54) is 6.07 Å². The van der Waals surface area contributed by atoms with Gasteiger partial charge in [-0.3, -0.25) is 9.59 Å². The number of aryl methyl sites for hydroxylation is 1. The second-order valence-corrected chi connectivity index (χ2v) is 7.90. The van der Waals surface area contributed by atoms with Crippen LogP contribution in [0.1, 0.15) is 33.1 Å². The van der Waals surface area contributed by atoms with Crippen LogP contribution in [0.4, 0.5) is 22.9 Å². The number of benzene rings is 1. The van der Waals surface area contributed by atoms with E-state index >= 15 is 0 Å². The summed E-state index contributed by atoms with van der Waals surface area (Å²) in [6.07, 6.45) is 1.63. The molecule has 2 amide bonds.